The number of hydrogen-bond acceptors (Lipinski definition) is 4. The van der Waals surface area contributed by atoms with Crippen LogP contribution in [0.4, 0.5) is 0 Å². The van der Waals surface area contributed by atoms with Gasteiger partial charge in [0.15, 0.2) is 0 Å². The summed E-state index contributed by atoms with van der Waals surface area (Å²) in [7, 11) is 1.64. The first kappa shape index (κ1) is 16.4. The first-order chi connectivity index (χ1) is 12.7. The molecule has 1 aliphatic rings. The van der Waals surface area contributed by atoms with Gasteiger partial charge in [0.1, 0.15) is 17.6 Å². The summed E-state index contributed by atoms with van der Waals surface area (Å²) in [6.07, 6.45) is 2.77. The molecule has 0 radical (unpaired) electrons. The first-order valence-corrected chi connectivity index (χ1v) is 8.64. The lowest BCUT2D eigenvalue weighted by molar-refractivity contribution is 0.0952. The van der Waals surface area contributed by atoms with Gasteiger partial charge < -0.3 is 14.8 Å². The molecule has 1 atom stereocenters. The number of nitrogens with zero attached hydrogens (tertiary/aromatic N) is 1. The Morgan fingerprint density at radius 2 is 2.19 bits per heavy atom. The molecule has 5 heteroatoms. The van der Waals surface area contributed by atoms with Gasteiger partial charge in [-0.05, 0) is 37.3 Å². The molecule has 0 saturated heterocycles. The highest BCUT2D eigenvalue weighted by atomic mass is 16.5. The molecular weight excluding hydrogens is 328 g/mol. The highest BCUT2D eigenvalue weighted by Crippen LogP contribution is 2.35. The fourth-order valence-electron chi connectivity index (χ4n) is 3.38. The maximum Gasteiger partial charge on any atom is 0.252 e. The fourth-order valence-corrected chi connectivity index (χ4v) is 3.38. The van der Waals surface area contributed by atoms with Crippen LogP contribution in [0.5, 0.6) is 11.5 Å². The molecule has 2 heterocycles. The normalized spacial score (nSPS) is 15.4. The minimum absolute atomic E-state index is 0.138. The zero-order valence-corrected chi connectivity index (χ0v) is 14.8. The van der Waals surface area contributed by atoms with Crippen LogP contribution in [-0.2, 0) is 13.0 Å². The number of rotatable bonds is 4. The average molecular weight is 348 g/mol. The largest absolute Gasteiger partial charge is 0.496 e. The van der Waals surface area contributed by atoms with Gasteiger partial charge in [-0.3, -0.25) is 9.78 Å². The number of fused-ring (bicyclic) bond motifs is 2. The molecule has 132 valence electrons. The number of pyridine rings is 1. The van der Waals surface area contributed by atoms with Crippen molar-refractivity contribution in [3.63, 3.8) is 0 Å². The summed E-state index contributed by atoms with van der Waals surface area (Å²) < 4.78 is 11.3. The topological polar surface area (TPSA) is 60.5 Å². The van der Waals surface area contributed by atoms with E-state index in [1.165, 1.54) is 0 Å². The number of benzene rings is 2. The summed E-state index contributed by atoms with van der Waals surface area (Å²) in [5.74, 6) is 1.50. The van der Waals surface area contributed by atoms with Gasteiger partial charge in [-0.25, -0.2) is 0 Å². The van der Waals surface area contributed by atoms with Crippen molar-refractivity contribution >= 4 is 16.8 Å². The van der Waals surface area contributed by atoms with Gasteiger partial charge >= 0.3 is 0 Å². The van der Waals surface area contributed by atoms with E-state index in [9.17, 15) is 4.79 Å². The van der Waals surface area contributed by atoms with Crippen LogP contribution in [0.15, 0.2) is 48.7 Å². The van der Waals surface area contributed by atoms with Crippen molar-refractivity contribution in [3.05, 3.63) is 65.4 Å². The van der Waals surface area contributed by atoms with Crippen LogP contribution in [0, 0.1) is 0 Å². The quantitative estimate of drug-likeness (QED) is 0.784. The van der Waals surface area contributed by atoms with Gasteiger partial charge in [-0.1, -0.05) is 12.1 Å². The molecule has 1 aromatic heterocycles. The number of nitrogens with one attached hydrogen (secondary N) is 1. The molecule has 26 heavy (non-hydrogen) atoms. The molecule has 0 spiro atoms. The Labute approximate surface area is 152 Å². The lowest BCUT2D eigenvalue weighted by Crippen LogP contribution is -2.23. The Kier molecular flexibility index (Phi) is 4.21. The maximum absolute atomic E-state index is 12.7. The minimum Gasteiger partial charge on any atom is -0.496 e. The summed E-state index contributed by atoms with van der Waals surface area (Å²) >= 11 is 0. The van der Waals surface area contributed by atoms with Gasteiger partial charge in [0.25, 0.3) is 5.91 Å². The maximum atomic E-state index is 12.7. The number of ether oxygens (including phenoxy) is 2. The molecule has 1 N–H and O–H groups in total. The minimum atomic E-state index is -0.138. The van der Waals surface area contributed by atoms with E-state index in [0.29, 0.717) is 12.1 Å². The highest BCUT2D eigenvalue weighted by molar-refractivity contribution is 6.06. The van der Waals surface area contributed by atoms with E-state index >= 15 is 0 Å². The lowest BCUT2D eigenvalue weighted by atomic mass is 10.1. The number of hydrogen-bond donors (Lipinski definition) is 1. The van der Waals surface area contributed by atoms with Crippen LogP contribution in [-0.4, -0.2) is 24.1 Å². The molecule has 3 aromatic rings. The van der Waals surface area contributed by atoms with E-state index in [1.54, 1.807) is 13.3 Å². The molecule has 2 aromatic carbocycles. The number of methoxy groups -OCH3 is 1. The van der Waals surface area contributed by atoms with Crippen molar-refractivity contribution < 1.29 is 14.3 Å². The number of carbonyl (C=O) groups is 1. The molecule has 0 fully saturated rings. The molecule has 0 saturated carbocycles. The van der Waals surface area contributed by atoms with Gasteiger partial charge in [0, 0.05) is 41.2 Å². The Hall–Kier alpha value is -3.08. The monoisotopic (exact) mass is 348 g/mol. The van der Waals surface area contributed by atoms with Crippen molar-refractivity contribution in [2.45, 2.75) is 26.0 Å². The average Bonchev–Trinajstić information content (AvgIpc) is 3.03. The SMILES string of the molecule is COc1cc2c(cc1CNC(=O)c1cccc3ncccc13)OC(C)C2. The van der Waals surface area contributed by atoms with Gasteiger partial charge in [0.05, 0.1) is 12.6 Å². The smallest absolute Gasteiger partial charge is 0.252 e. The number of carbonyl (C=O) groups excluding carboxylic acids is 1. The van der Waals surface area contributed by atoms with Crippen molar-refractivity contribution in [3.8, 4) is 11.5 Å². The van der Waals surface area contributed by atoms with Crippen molar-refractivity contribution in [1.29, 1.82) is 0 Å². The van der Waals surface area contributed by atoms with Crippen molar-refractivity contribution in [2.75, 3.05) is 7.11 Å². The standard InChI is InChI=1S/C21H20N2O3/c1-13-9-14-10-19(25-2)15(11-20(14)26-13)12-23-21(24)17-5-3-7-18-16(17)6-4-8-22-18/h3-8,10-11,13H,9,12H2,1-2H3,(H,23,24). The van der Waals surface area contributed by atoms with Gasteiger partial charge in [-0.2, -0.15) is 0 Å². The number of amides is 1. The van der Waals surface area contributed by atoms with E-state index in [1.807, 2.05) is 49.4 Å². The van der Waals surface area contributed by atoms with Crippen LogP contribution >= 0.6 is 0 Å². The second-order valence-electron chi connectivity index (χ2n) is 6.46. The highest BCUT2D eigenvalue weighted by Gasteiger charge is 2.22. The molecule has 5 nitrogen and oxygen atoms in total. The third kappa shape index (κ3) is 2.96. The van der Waals surface area contributed by atoms with Gasteiger partial charge in [-0.15, -0.1) is 0 Å². The van der Waals surface area contributed by atoms with Crippen LogP contribution in [0.25, 0.3) is 10.9 Å². The van der Waals surface area contributed by atoms with Crippen LogP contribution < -0.4 is 14.8 Å². The first-order valence-electron chi connectivity index (χ1n) is 8.64. The second kappa shape index (κ2) is 6.67. The van der Waals surface area contributed by atoms with Gasteiger partial charge in [0.2, 0.25) is 0 Å². The van der Waals surface area contributed by atoms with Crippen LogP contribution in [0.3, 0.4) is 0 Å². The Bertz CT molecular complexity index is 979. The van der Waals surface area contributed by atoms with E-state index in [4.69, 9.17) is 9.47 Å². The van der Waals surface area contributed by atoms with E-state index in [2.05, 4.69) is 10.3 Å². The van der Waals surface area contributed by atoms with E-state index < -0.39 is 0 Å². The summed E-state index contributed by atoms with van der Waals surface area (Å²) in [5, 5.41) is 3.82. The predicted octanol–water partition coefficient (Wildman–Crippen LogP) is 3.50. The van der Waals surface area contributed by atoms with E-state index in [-0.39, 0.29) is 12.0 Å². The predicted molar refractivity (Wildman–Crippen MR) is 99.7 cm³/mol. The fraction of sp³-hybridized carbons (Fsp3) is 0.238. The second-order valence-corrected chi connectivity index (χ2v) is 6.46. The summed E-state index contributed by atoms with van der Waals surface area (Å²) in [6, 6.07) is 13.3. The van der Waals surface area contributed by atoms with Crippen LogP contribution in [0.2, 0.25) is 0 Å². The number of aromatic nitrogens is 1. The Morgan fingerprint density at radius 1 is 1.31 bits per heavy atom. The summed E-state index contributed by atoms with van der Waals surface area (Å²) in [4.78, 5) is 17.0. The third-order valence-electron chi connectivity index (χ3n) is 4.63. The summed E-state index contributed by atoms with van der Waals surface area (Å²) in [5.41, 5.74) is 3.45. The van der Waals surface area contributed by atoms with Crippen molar-refractivity contribution in [1.82, 2.24) is 10.3 Å². The zero-order valence-electron chi connectivity index (χ0n) is 14.8. The molecule has 1 unspecified atom stereocenters. The lowest BCUT2D eigenvalue weighted by Gasteiger charge is -2.13. The van der Waals surface area contributed by atoms with E-state index in [0.717, 1.165) is 39.9 Å². The molecule has 1 aliphatic heterocycles. The molecule has 4 rings (SSSR count). The third-order valence-corrected chi connectivity index (χ3v) is 4.63. The van der Waals surface area contributed by atoms with Crippen molar-refractivity contribution in [2.24, 2.45) is 0 Å². The molecule has 0 aliphatic carbocycles. The Morgan fingerprint density at radius 3 is 3.04 bits per heavy atom. The van der Waals surface area contributed by atoms with Crippen LogP contribution in [0.1, 0.15) is 28.4 Å². The Balaban J connectivity index is 1.57. The molecule has 1 amide bonds. The molecule has 0 bridgehead atoms. The summed E-state index contributed by atoms with van der Waals surface area (Å²) in [6.45, 7) is 2.41. The zero-order chi connectivity index (χ0) is 18.1. The molecular formula is C21H20N2O3.